The van der Waals surface area contributed by atoms with Crippen LogP contribution < -0.4 is 16.4 Å². The van der Waals surface area contributed by atoms with Crippen LogP contribution in [-0.4, -0.2) is 25.3 Å². The molecule has 0 unspecified atom stereocenters. The van der Waals surface area contributed by atoms with E-state index in [9.17, 15) is 18.3 Å². The third-order valence-electron chi connectivity index (χ3n) is 3.39. The lowest BCUT2D eigenvalue weighted by Gasteiger charge is -2.22. The van der Waals surface area contributed by atoms with Gasteiger partial charge >= 0.3 is 6.03 Å². The fourth-order valence-electron chi connectivity index (χ4n) is 2.30. The van der Waals surface area contributed by atoms with E-state index in [-0.39, 0.29) is 22.1 Å². The molecule has 0 radical (unpaired) electrons. The number of hydrogen-bond acceptors (Lipinski definition) is 5. The third-order valence-corrected chi connectivity index (χ3v) is 5.32. The number of nitrogens with zero attached hydrogens (tertiary/aromatic N) is 1. The van der Waals surface area contributed by atoms with Crippen molar-refractivity contribution in [1.82, 2.24) is 0 Å². The van der Waals surface area contributed by atoms with E-state index >= 15 is 0 Å². The molecule has 0 spiro atoms. The van der Waals surface area contributed by atoms with Gasteiger partial charge in [0.1, 0.15) is 5.75 Å². The van der Waals surface area contributed by atoms with E-state index in [0.717, 1.165) is 4.90 Å². The van der Waals surface area contributed by atoms with Crippen molar-refractivity contribution in [2.75, 3.05) is 16.4 Å². The smallest absolute Gasteiger partial charge is 0.324 e. The zero-order valence-corrected chi connectivity index (χ0v) is 14.0. The highest BCUT2D eigenvalue weighted by atomic mass is 32.2. The van der Waals surface area contributed by atoms with E-state index in [2.05, 4.69) is 0 Å². The standard InChI is InChI=1S/C16H19N3O4S/c1-2-9-24(22,23)13-6-4-12(5-7-13)19(16(18)21)14-8-3-11(17)10-15(14)20/h3-8,10,20H,2,9,17H2,1H3,(H2,18,21). The van der Waals surface area contributed by atoms with E-state index in [1.165, 1.54) is 42.5 Å². The van der Waals surface area contributed by atoms with Gasteiger partial charge in [-0.05, 0) is 42.8 Å². The van der Waals surface area contributed by atoms with Gasteiger partial charge in [0.25, 0.3) is 0 Å². The molecule has 2 amide bonds. The number of sulfone groups is 1. The minimum atomic E-state index is -3.35. The topological polar surface area (TPSA) is 127 Å². The molecule has 0 atom stereocenters. The van der Waals surface area contributed by atoms with Gasteiger partial charge in [0, 0.05) is 11.8 Å². The summed E-state index contributed by atoms with van der Waals surface area (Å²) in [6, 6.07) is 9.19. The predicted octanol–water partition coefficient (Wildman–Crippen LogP) is 2.37. The van der Waals surface area contributed by atoms with E-state index in [4.69, 9.17) is 11.5 Å². The van der Waals surface area contributed by atoms with Gasteiger partial charge in [0.2, 0.25) is 0 Å². The summed E-state index contributed by atoms with van der Waals surface area (Å²) in [7, 11) is -3.35. The molecular formula is C16H19N3O4S. The molecule has 0 fully saturated rings. The van der Waals surface area contributed by atoms with Gasteiger partial charge in [0.05, 0.1) is 22.0 Å². The number of carbonyl (C=O) groups excluding carboxylic acids is 1. The van der Waals surface area contributed by atoms with E-state index in [1.54, 1.807) is 6.92 Å². The fraction of sp³-hybridized carbons (Fsp3) is 0.188. The van der Waals surface area contributed by atoms with Gasteiger partial charge in [-0.25, -0.2) is 13.2 Å². The fourth-order valence-corrected chi connectivity index (χ4v) is 3.63. The molecule has 0 aromatic heterocycles. The maximum Gasteiger partial charge on any atom is 0.324 e. The summed E-state index contributed by atoms with van der Waals surface area (Å²) in [5.74, 6) is -0.165. The van der Waals surface area contributed by atoms with Crippen molar-refractivity contribution in [3.05, 3.63) is 42.5 Å². The lowest BCUT2D eigenvalue weighted by Crippen LogP contribution is -2.31. The SMILES string of the molecule is CCCS(=O)(=O)c1ccc(N(C(N)=O)c2ccc(N)cc2O)cc1. The van der Waals surface area contributed by atoms with Crippen LogP contribution in [-0.2, 0) is 9.84 Å². The normalized spacial score (nSPS) is 11.2. The Morgan fingerprint density at radius 2 is 1.79 bits per heavy atom. The molecule has 7 nitrogen and oxygen atoms in total. The number of rotatable bonds is 5. The molecular weight excluding hydrogens is 330 g/mol. The highest BCUT2D eigenvalue weighted by Gasteiger charge is 2.20. The van der Waals surface area contributed by atoms with Crippen molar-refractivity contribution in [3.8, 4) is 5.75 Å². The number of amides is 2. The van der Waals surface area contributed by atoms with Crippen LogP contribution >= 0.6 is 0 Å². The van der Waals surface area contributed by atoms with Crippen molar-refractivity contribution in [2.24, 2.45) is 5.73 Å². The first-order chi connectivity index (χ1) is 11.3. The lowest BCUT2D eigenvalue weighted by atomic mass is 10.2. The minimum absolute atomic E-state index is 0.0463. The van der Waals surface area contributed by atoms with E-state index in [1.807, 2.05) is 0 Å². The highest BCUT2D eigenvalue weighted by molar-refractivity contribution is 7.91. The Labute approximate surface area is 140 Å². The molecule has 0 saturated carbocycles. The van der Waals surface area contributed by atoms with Gasteiger partial charge in [-0.15, -0.1) is 0 Å². The summed E-state index contributed by atoms with van der Waals surface area (Å²) >= 11 is 0. The van der Waals surface area contributed by atoms with Crippen molar-refractivity contribution in [2.45, 2.75) is 18.2 Å². The van der Waals surface area contributed by atoms with E-state index in [0.29, 0.717) is 17.8 Å². The number of anilines is 3. The molecule has 0 aliphatic carbocycles. The zero-order valence-electron chi connectivity index (χ0n) is 13.1. The van der Waals surface area contributed by atoms with Crippen LogP contribution in [0, 0.1) is 0 Å². The molecule has 5 N–H and O–H groups in total. The van der Waals surface area contributed by atoms with Crippen molar-refractivity contribution >= 4 is 32.9 Å². The number of primary amides is 1. The van der Waals surface area contributed by atoms with Crippen LogP contribution in [0.1, 0.15) is 13.3 Å². The second-order valence-electron chi connectivity index (χ2n) is 5.23. The molecule has 2 aromatic rings. The van der Waals surface area contributed by atoms with Gasteiger partial charge < -0.3 is 16.6 Å². The van der Waals surface area contributed by atoms with Crippen molar-refractivity contribution in [3.63, 3.8) is 0 Å². The lowest BCUT2D eigenvalue weighted by molar-refractivity contribution is 0.256. The molecule has 24 heavy (non-hydrogen) atoms. The summed E-state index contributed by atoms with van der Waals surface area (Å²) in [6.07, 6.45) is 0.511. The molecule has 2 rings (SSSR count). The first kappa shape index (κ1) is 17.6. The summed E-state index contributed by atoms with van der Waals surface area (Å²) in [4.78, 5) is 13.0. The predicted molar refractivity (Wildman–Crippen MR) is 93.0 cm³/mol. The van der Waals surface area contributed by atoms with Crippen LogP contribution in [0.2, 0.25) is 0 Å². The Hall–Kier alpha value is -2.74. The number of benzene rings is 2. The summed E-state index contributed by atoms with van der Waals surface area (Å²) in [6.45, 7) is 1.78. The second-order valence-corrected chi connectivity index (χ2v) is 7.34. The number of nitrogen functional groups attached to an aromatic ring is 1. The highest BCUT2D eigenvalue weighted by Crippen LogP contribution is 2.34. The number of hydrogen-bond donors (Lipinski definition) is 3. The van der Waals surface area contributed by atoms with Crippen LogP contribution in [0.4, 0.5) is 21.9 Å². The number of phenolic OH excluding ortho intramolecular Hbond substituents is 1. The Kier molecular flexibility index (Phi) is 4.99. The average molecular weight is 349 g/mol. The van der Waals surface area contributed by atoms with Gasteiger partial charge in [-0.3, -0.25) is 4.90 Å². The first-order valence-corrected chi connectivity index (χ1v) is 8.92. The number of carbonyl (C=O) groups is 1. The molecule has 8 heteroatoms. The molecule has 128 valence electrons. The van der Waals surface area contributed by atoms with Crippen molar-refractivity contribution < 1.29 is 18.3 Å². The third kappa shape index (κ3) is 3.60. The summed E-state index contributed by atoms with van der Waals surface area (Å²) in [5.41, 5.74) is 11.8. The van der Waals surface area contributed by atoms with Crippen LogP contribution in [0.15, 0.2) is 47.4 Å². The molecule has 0 aliphatic rings. The van der Waals surface area contributed by atoms with Crippen LogP contribution in [0.25, 0.3) is 0 Å². The maximum absolute atomic E-state index is 12.0. The molecule has 2 aromatic carbocycles. The monoisotopic (exact) mass is 349 g/mol. The zero-order chi connectivity index (χ0) is 17.9. The van der Waals surface area contributed by atoms with Gasteiger partial charge in [-0.1, -0.05) is 6.92 Å². The van der Waals surface area contributed by atoms with Crippen molar-refractivity contribution in [1.29, 1.82) is 0 Å². The van der Waals surface area contributed by atoms with Gasteiger partial charge in [-0.2, -0.15) is 0 Å². The largest absolute Gasteiger partial charge is 0.506 e. The first-order valence-electron chi connectivity index (χ1n) is 7.27. The Morgan fingerprint density at radius 1 is 1.17 bits per heavy atom. The molecule has 0 heterocycles. The Bertz CT molecular complexity index is 848. The minimum Gasteiger partial charge on any atom is -0.506 e. The average Bonchev–Trinajstić information content (AvgIpc) is 2.50. The maximum atomic E-state index is 12.0. The summed E-state index contributed by atoms with van der Waals surface area (Å²) < 4.78 is 24.1. The van der Waals surface area contributed by atoms with Crippen LogP contribution in [0.3, 0.4) is 0 Å². The molecule has 0 saturated heterocycles. The number of phenols is 1. The number of aromatic hydroxyl groups is 1. The quantitative estimate of drug-likeness (QED) is 0.714. The Balaban J connectivity index is 2.45. The number of urea groups is 1. The number of nitrogens with two attached hydrogens (primary N) is 2. The summed E-state index contributed by atoms with van der Waals surface area (Å²) in [5, 5.41) is 10.0. The molecule has 0 bridgehead atoms. The Morgan fingerprint density at radius 3 is 2.29 bits per heavy atom. The second kappa shape index (κ2) is 6.79. The molecule has 0 aliphatic heterocycles. The van der Waals surface area contributed by atoms with Gasteiger partial charge in [0.15, 0.2) is 9.84 Å². The van der Waals surface area contributed by atoms with Crippen LogP contribution in [0.5, 0.6) is 5.75 Å². The van der Waals surface area contributed by atoms with E-state index < -0.39 is 15.9 Å².